The van der Waals surface area contributed by atoms with E-state index in [4.69, 9.17) is 4.74 Å². The quantitative estimate of drug-likeness (QED) is 0.655. The lowest BCUT2D eigenvalue weighted by molar-refractivity contribution is 0.475. The molecule has 4 heteroatoms. The summed E-state index contributed by atoms with van der Waals surface area (Å²) >= 11 is 0. The molecule has 0 heterocycles. The maximum absolute atomic E-state index is 5.96. The zero-order valence-corrected chi connectivity index (χ0v) is 13.3. The van der Waals surface area contributed by atoms with Crippen molar-refractivity contribution >= 4 is 5.96 Å². The van der Waals surface area contributed by atoms with Crippen LogP contribution in [-0.4, -0.2) is 19.0 Å². The molecule has 4 nitrogen and oxygen atoms in total. The van der Waals surface area contributed by atoms with E-state index in [0.29, 0.717) is 12.6 Å². The average Bonchev–Trinajstić information content (AvgIpc) is 2.53. The van der Waals surface area contributed by atoms with Crippen molar-refractivity contribution in [2.45, 2.75) is 26.4 Å². The molecular formula is C18H23N3O. The Morgan fingerprint density at radius 2 is 1.73 bits per heavy atom. The van der Waals surface area contributed by atoms with Gasteiger partial charge in [-0.1, -0.05) is 36.4 Å². The molecule has 2 rings (SSSR count). The molecule has 2 aromatic carbocycles. The standard InChI is InChI=1S/C18H23N3O/c1-14(2)21-18(19-3)20-13-15-9-7-8-12-17(15)22-16-10-5-4-6-11-16/h4-12,14H,13H2,1-3H3,(H2,19,20,21). The second-order valence-corrected chi connectivity index (χ2v) is 5.25. The van der Waals surface area contributed by atoms with Gasteiger partial charge >= 0.3 is 0 Å². The van der Waals surface area contributed by atoms with E-state index in [1.165, 1.54) is 0 Å². The van der Waals surface area contributed by atoms with Gasteiger partial charge < -0.3 is 15.4 Å². The lowest BCUT2D eigenvalue weighted by atomic mass is 10.2. The van der Waals surface area contributed by atoms with Crippen molar-refractivity contribution in [3.8, 4) is 11.5 Å². The first-order valence-corrected chi connectivity index (χ1v) is 7.47. The van der Waals surface area contributed by atoms with Crippen molar-refractivity contribution in [2.24, 2.45) is 4.99 Å². The maximum atomic E-state index is 5.96. The molecule has 2 N–H and O–H groups in total. The van der Waals surface area contributed by atoms with Crippen LogP contribution >= 0.6 is 0 Å². The summed E-state index contributed by atoms with van der Waals surface area (Å²) in [5.41, 5.74) is 1.08. The van der Waals surface area contributed by atoms with Crippen molar-refractivity contribution in [1.29, 1.82) is 0 Å². The average molecular weight is 297 g/mol. The minimum atomic E-state index is 0.335. The Morgan fingerprint density at radius 1 is 1.05 bits per heavy atom. The SMILES string of the molecule is CN=C(NCc1ccccc1Oc1ccccc1)NC(C)C. The molecule has 0 aliphatic carbocycles. The third-order valence-corrected chi connectivity index (χ3v) is 3.04. The predicted molar refractivity (Wildman–Crippen MR) is 91.4 cm³/mol. The molecule has 2 aromatic rings. The monoisotopic (exact) mass is 297 g/mol. The molecule has 0 bridgehead atoms. The summed E-state index contributed by atoms with van der Waals surface area (Å²) in [7, 11) is 1.77. The van der Waals surface area contributed by atoms with Crippen LogP contribution in [0.25, 0.3) is 0 Å². The molecule has 22 heavy (non-hydrogen) atoms. The number of nitrogens with zero attached hydrogens (tertiary/aromatic N) is 1. The Labute approximate surface area is 132 Å². The zero-order chi connectivity index (χ0) is 15.8. The largest absolute Gasteiger partial charge is 0.457 e. The summed E-state index contributed by atoms with van der Waals surface area (Å²) in [6, 6.07) is 18.1. The lowest BCUT2D eigenvalue weighted by Gasteiger charge is -2.16. The van der Waals surface area contributed by atoms with E-state index in [1.807, 2.05) is 54.6 Å². The fourth-order valence-corrected chi connectivity index (χ4v) is 2.01. The highest BCUT2D eigenvalue weighted by atomic mass is 16.5. The fraction of sp³-hybridized carbons (Fsp3) is 0.278. The number of guanidine groups is 1. The Balaban J connectivity index is 2.05. The van der Waals surface area contributed by atoms with Crippen LogP contribution in [0, 0.1) is 0 Å². The third-order valence-electron chi connectivity index (χ3n) is 3.04. The van der Waals surface area contributed by atoms with E-state index in [-0.39, 0.29) is 0 Å². The number of aliphatic imine (C=N–C) groups is 1. The smallest absolute Gasteiger partial charge is 0.191 e. The van der Waals surface area contributed by atoms with E-state index in [9.17, 15) is 0 Å². The summed E-state index contributed by atoms with van der Waals surface area (Å²) < 4.78 is 5.96. The van der Waals surface area contributed by atoms with Gasteiger partial charge in [0.1, 0.15) is 11.5 Å². The lowest BCUT2D eigenvalue weighted by Crippen LogP contribution is -2.40. The number of ether oxygens (including phenoxy) is 1. The van der Waals surface area contributed by atoms with E-state index >= 15 is 0 Å². The van der Waals surface area contributed by atoms with Crippen LogP contribution in [-0.2, 0) is 6.54 Å². The van der Waals surface area contributed by atoms with Crippen LogP contribution < -0.4 is 15.4 Å². The summed E-state index contributed by atoms with van der Waals surface area (Å²) in [4.78, 5) is 4.21. The highest BCUT2D eigenvalue weighted by molar-refractivity contribution is 5.79. The maximum Gasteiger partial charge on any atom is 0.191 e. The molecule has 0 spiro atoms. The van der Waals surface area contributed by atoms with Crippen LogP contribution in [0.15, 0.2) is 59.6 Å². The van der Waals surface area contributed by atoms with Crippen molar-refractivity contribution in [3.05, 3.63) is 60.2 Å². The van der Waals surface area contributed by atoms with Gasteiger partial charge in [-0.2, -0.15) is 0 Å². The highest BCUT2D eigenvalue weighted by Crippen LogP contribution is 2.24. The van der Waals surface area contributed by atoms with Crippen molar-refractivity contribution in [3.63, 3.8) is 0 Å². The Morgan fingerprint density at radius 3 is 2.41 bits per heavy atom. The number of rotatable bonds is 5. The van der Waals surface area contributed by atoms with E-state index in [1.54, 1.807) is 7.05 Å². The summed E-state index contributed by atoms with van der Waals surface area (Å²) in [6.45, 7) is 4.81. The molecule has 0 aliphatic heterocycles. The second kappa shape index (κ2) is 8.08. The third kappa shape index (κ3) is 4.81. The minimum absolute atomic E-state index is 0.335. The number of hydrogen-bond donors (Lipinski definition) is 2. The van der Waals surface area contributed by atoms with Gasteiger partial charge in [-0.3, -0.25) is 4.99 Å². The molecule has 0 radical (unpaired) electrons. The van der Waals surface area contributed by atoms with Gasteiger partial charge in [0.25, 0.3) is 0 Å². The number of benzene rings is 2. The predicted octanol–water partition coefficient (Wildman–Crippen LogP) is 3.55. The van der Waals surface area contributed by atoms with Crippen molar-refractivity contribution in [2.75, 3.05) is 7.05 Å². The molecule has 116 valence electrons. The van der Waals surface area contributed by atoms with Crippen LogP contribution in [0.3, 0.4) is 0 Å². The fourth-order valence-electron chi connectivity index (χ4n) is 2.01. The molecule has 0 unspecified atom stereocenters. The van der Waals surface area contributed by atoms with Crippen LogP contribution in [0.1, 0.15) is 19.4 Å². The molecule has 0 atom stereocenters. The first-order valence-electron chi connectivity index (χ1n) is 7.47. The molecule has 0 aliphatic rings. The summed E-state index contributed by atoms with van der Waals surface area (Å²) in [5, 5.41) is 6.57. The summed E-state index contributed by atoms with van der Waals surface area (Å²) in [6.07, 6.45) is 0. The Hall–Kier alpha value is -2.49. The molecule has 0 saturated heterocycles. The first-order chi connectivity index (χ1) is 10.7. The van der Waals surface area contributed by atoms with Crippen LogP contribution in [0.2, 0.25) is 0 Å². The number of para-hydroxylation sites is 2. The van der Waals surface area contributed by atoms with E-state index in [0.717, 1.165) is 23.0 Å². The van der Waals surface area contributed by atoms with Gasteiger partial charge in [-0.25, -0.2) is 0 Å². The number of hydrogen-bond acceptors (Lipinski definition) is 2. The normalized spacial score (nSPS) is 11.4. The van der Waals surface area contributed by atoms with Crippen molar-refractivity contribution in [1.82, 2.24) is 10.6 Å². The zero-order valence-electron chi connectivity index (χ0n) is 13.3. The van der Waals surface area contributed by atoms with Gasteiger partial charge in [-0.15, -0.1) is 0 Å². The van der Waals surface area contributed by atoms with Gasteiger partial charge in [-0.05, 0) is 32.0 Å². The second-order valence-electron chi connectivity index (χ2n) is 5.25. The molecule has 0 saturated carbocycles. The first kappa shape index (κ1) is 15.9. The Bertz CT molecular complexity index is 609. The van der Waals surface area contributed by atoms with Crippen LogP contribution in [0.4, 0.5) is 0 Å². The van der Waals surface area contributed by atoms with Gasteiger partial charge in [0, 0.05) is 25.2 Å². The molecule has 0 fully saturated rings. The topological polar surface area (TPSA) is 45.7 Å². The van der Waals surface area contributed by atoms with E-state index < -0.39 is 0 Å². The number of nitrogens with one attached hydrogen (secondary N) is 2. The van der Waals surface area contributed by atoms with E-state index in [2.05, 4.69) is 29.5 Å². The minimum Gasteiger partial charge on any atom is -0.457 e. The van der Waals surface area contributed by atoms with Gasteiger partial charge in [0.05, 0.1) is 0 Å². The van der Waals surface area contributed by atoms with Gasteiger partial charge in [0.2, 0.25) is 0 Å². The molecular weight excluding hydrogens is 274 g/mol. The molecule has 0 amide bonds. The van der Waals surface area contributed by atoms with Crippen molar-refractivity contribution < 1.29 is 4.74 Å². The highest BCUT2D eigenvalue weighted by Gasteiger charge is 2.06. The van der Waals surface area contributed by atoms with Gasteiger partial charge in [0.15, 0.2) is 5.96 Å². The molecule has 0 aromatic heterocycles. The Kier molecular flexibility index (Phi) is 5.83. The van der Waals surface area contributed by atoms with Crippen LogP contribution in [0.5, 0.6) is 11.5 Å². The summed E-state index contributed by atoms with van der Waals surface area (Å²) in [5.74, 6) is 2.46.